The van der Waals surface area contributed by atoms with Gasteiger partial charge in [0.1, 0.15) is 4.90 Å². The van der Waals surface area contributed by atoms with Gasteiger partial charge in [-0.15, -0.1) is 0 Å². The first-order valence-corrected chi connectivity index (χ1v) is 8.53. The van der Waals surface area contributed by atoms with E-state index in [2.05, 4.69) is 10.2 Å². The summed E-state index contributed by atoms with van der Waals surface area (Å²) in [5, 5.41) is 6.57. The van der Waals surface area contributed by atoms with Crippen molar-refractivity contribution in [2.75, 3.05) is 26.7 Å². The van der Waals surface area contributed by atoms with E-state index in [1.54, 1.807) is 18.7 Å². The van der Waals surface area contributed by atoms with Gasteiger partial charge in [-0.25, -0.2) is 8.42 Å². The molecule has 2 rings (SSSR count). The summed E-state index contributed by atoms with van der Waals surface area (Å²) >= 11 is 0. The monoisotopic (exact) mass is 314 g/mol. The van der Waals surface area contributed by atoms with Gasteiger partial charge in [0, 0.05) is 20.1 Å². The molecule has 1 N–H and O–H groups in total. The van der Waals surface area contributed by atoms with E-state index in [0.717, 1.165) is 36.7 Å². The van der Waals surface area contributed by atoms with Crippen molar-refractivity contribution in [3.8, 4) is 0 Å². The summed E-state index contributed by atoms with van der Waals surface area (Å²) in [6.45, 7) is 4.60. The summed E-state index contributed by atoms with van der Waals surface area (Å²) < 4.78 is 26.2. The van der Waals surface area contributed by atoms with Gasteiger partial charge in [0.25, 0.3) is 0 Å². The third kappa shape index (κ3) is 3.26. The van der Waals surface area contributed by atoms with E-state index in [9.17, 15) is 13.2 Å². The molecule has 21 heavy (non-hydrogen) atoms. The van der Waals surface area contributed by atoms with Crippen LogP contribution in [0.4, 0.5) is 0 Å². The summed E-state index contributed by atoms with van der Waals surface area (Å²) in [6.07, 6.45) is 3.11. The van der Waals surface area contributed by atoms with Gasteiger partial charge < -0.3 is 4.90 Å². The first kappa shape index (κ1) is 16.0. The Bertz CT molecular complexity index is 598. The van der Waals surface area contributed by atoms with E-state index in [1.165, 1.54) is 7.05 Å². The highest BCUT2D eigenvalue weighted by molar-refractivity contribution is 7.89. The van der Waals surface area contributed by atoms with E-state index in [-0.39, 0.29) is 17.3 Å². The molecular formula is C13H22N4O3S. The predicted octanol–water partition coefficient (Wildman–Crippen LogP) is 0.660. The normalized spacial score (nSPS) is 16.5. The number of nitrogens with zero attached hydrogens (tertiary/aromatic N) is 3. The molecule has 0 aliphatic carbocycles. The molecular weight excluding hydrogens is 292 g/mol. The second-order valence-electron chi connectivity index (χ2n) is 5.47. The number of aromatic nitrogens is 2. The molecule has 1 aromatic heterocycles. The molecule has 1 fully saturated rings. The number of likely N-dealkylation sites (N-methyl/N-ethyl adjacent to an activating group) is 1. The zero-order valence-electron chi connectivity index (χ0n) is 12.7. The zero-order chi connectivity index (χ0) is 15.6. The number of amides is 1. The SMILES string of the molecule is Cc1n[nH]c(C)c1S(=O)(=O)N(C)CC(=O)N1CCCCC1. The number of piperidine rings is 1. The molecule has 0 saturated carbocycles. The number of rotatable bonds is 4. The fourth-order valence-corrected chi connectivity index (χ4v) is 4.04. The Balaban J connectivity index is 2.12. The molecule has 118 valence electrons. The third-order valence-electron chi connectivity index (χ3n) is 3.80. The molecule has 1 amide bonds. The number of carbonyl (C=O) groups is 1. The summed E-state index contributed by atoms with van der Waals surface area (Å²) in [7, 11) is -2.27. The summed E-state index contributed by atoms with van der Waals surface area (Å²) in [5.41, 5.74) is 0.912. The fraction of sp³-hybridized carbons (Fsp3) is 0.692. The maximum Gasteiger partial charge on any atom is 0.246 e. The number of hydrogen-bond acceptors (Lipinski definition) is 4. The van der Waals surface area contributed by atoms with Crippen LogP contribution in [0.3, 0.4) is 0 Å². The molecule has 0 unspecified atom stereocenters. The Labute approximate surface area is 125 Å². The number of likely N-dealkylation sites (tertiary alicyclic amines) is 1. The molecule has 0 aromatic carbocycles. The molecule has 1 aliphatic rings. The third-order valence-corrected chi connectivity index (χ3v) is 5.86. The Morgan fingerprint density at radius 2 is 1.90 bits per heavy atom. The lowest BCUT2D eigenvalue weighted by atomic mass is 10.1. The predicted molar refractivity (Wildman–Crippen MR) is 78.3 cm³/mol. The summed E-state index contributed by atoms with van der Waals surface area (Å²) in [4.78, 5) is 14.1. The summed E-state index contributed by atoms with van der Waals surface area (Å²) in [6, 6.07) is 0. The van der Waals surface area contributed by atoms with Gasteiger partial charge in [0.15, 0.2) is 0 Å². The van der Waals surface area contributed by atoms with Gasteiger partial charge in [-0.05, 0) is 33.1 Å². The first-order valence-electron chi connectivity index (χ1n) is 7.09. The van der Waals surface area contributed by atoms with Gasteiger partial charge in [-0.3, -0.25) is 9.89 Å². The molecule has 0 bridgehead atoms. The van der Waals surface area contributed by atoms with Crippen molar-refractivity contribution in [1.82, 2.24) is 19.4 Å². The minimum Gasteiger partial charge on any atom is -0.342 e. The highest BCUT2D eigenvalue weighted by Crippen LogP contribution is 2.20. The van der Waals surface area contributed by atoms with E-state index < -0.39 is 10.0 Å². The van der Waals surface area contributed by atoms with Gasteiger partial charge in [-0.1, -0.05) is 0 Å². The van der Waals surface area contributed by atoms with Crippen LogP contribution >= 0.6 is 0 Å². The lowest BCUT2D eigenvalue weighted by Crippen LogP contribution is -2.43. The Kier molecular flexibility index (Phi) is 4.67. The van der Waals surface area contributed by atoms with E-state index in [4.69, 9.17) is 0 Å². The lowest BCUT2D eigenvalue weighted by Gasteiger charge is -2.28. The summed E-state index contributed by atoms with van der Waals surface area (Å²) in [5.74, 6) is -0.139. The van der Waals surface area contributed by atoms with Crippen molar-refractivity contribution >= 4 is 15.9 Å². The van der Waals surface area contributed by atoms with E-state index in [0.29, 0.717) is 11.4 Å². The largest absolute Gasteiger partial charge is 0.342 e. The van der Waals surface area contributed by atoms with Gasteiger partial charge in [0.2, 0.25) is 15.9 Å². The highest BCUT2D eigenvalue weighted by Gasteiger charge is 2.29. The van der Waals surface area contributed by atoms with Crippen molar-refractivity contribution in [3.05, 3.63) is 11.4 Å². The lowest BCUT2D eigenvalue weighted by molar-refractivity contribution is -0.132. The van der Waals surface area contributed by atoms with E-state index in [1.807, 2.05) is 0 Å². The average molecular weight is 314 g/mol. The van der Waals surface area contributed by atoms with Crippen LogP contribution < -0.4 is 0 Å². The number of carbonyl (C=O) groups excluding carboxylic acids is 1. The minimum atomic E-state index is -3.70. The first-order chi connectivity index (χ1) is 9.84. The number of aryl methyl sites for hydroxylation is 2. The minimum absolute atomic E-state index is 0.133. The number of hydrogen-bond donors (Lipinski definition) is 1. The van der Waals surface area contributed by atoms with Crippen LogP contribution in [0.25, 0.3) is 0 Å². The molecule has 1 aromatic rings. The number of sulfonamides is 1. The molecule has 7 nitrogen and oxygen atoms in total. The standard InChI is InChI=1S/C13H22N4O3S/c1-10-13(11(2)15-14-10)21(19,20)16(3)9-12(18)17-7-5-4-6-8-17/h4-9H2,1-3H3,(H,14,15). The number of aromatic amines is 1. The Morgan fingerprint density at radius 3 is 2.43 bits per heavy atom. The number of nitrogens with one attached hydrogen (secondary N) is 1. The molecule has 1 aliphatic heterocycles. The van der Waals surface area contributed by atoms with Crippen molar-refractivity contribution in [1.29, 1.82) is 0 Å². The maximum atomic E-state index is 12.5. The van der Waals surface area contributed by atoms with Crippen LogP contribution in [-0.2, 0) is 14.8 Å². The van der Waals surface area contributed by atoms with Crippen molar-refractivity contribution < 1.29 is 13.2 Å². The van der Waals surface area contributed by atoms with Gasteiger partial charge in [0.05, 0.1) is 17.9 Å². The fourth-order valence-electron chi connectivity index (χ4n) is 2.60. The molecule has 0 spiro atoms. The molecule has 0 radical (unpaired) electrons. The Morgan fingerprint density at radius 1 is 1.29 bits per heavy atom. The number of H-pyrrole nitrogens is 1. The second kappa shape index (κ2) is 6.15. The van der Waals surface area contributed by atoms with E-state index >= 15 is 0 Å². The van der Waals surface area contributed by atoms with Crippen LogP contribution in [0.15, 0.2) is 4.90 Å². The topological polar surface area (TPSA) is 86.4 Å². The smallest absolute Gasteiger partial charge is 0.246 e. The highest BCUT2D eigenvalue weighted by atomic mass is 32.2. The van der Waals surface area contributed by atoms with Gasteiger partial charge >= 0.3 is 0 Å². The van der Waals surface area contributed by atoms with Crippen molar-refractivity contribution in [3.63, 3.8) is 0 Å². The average Bonchev–Trinajstić information content (AvgIpc) is 2.79. The second-order valence-corrected chi connectivity index (χ2v) is 7.45. The molecule has 8 heteroatoms. The molecule has 0 atom stereocenters. The van der Waals surface area contributed by atoms with Crippen LogP contribution in [0.1, 0.15) is 30.7 Å². The van der Waals surface area contributed by atoms with Crippen LogP contribution in [0.5, 0.6) is 0 Å². The zero-order valence-corrected chi connectivity index (χ0v) is 13.5. The van der Waals surface area contributed by atoms with Crippen molar-refractivity contribution in [2.45, 2.75) is 38.0 Å². The van der Waals surface area contributed by atoms with Crippen LogP contribution in [0.2, 0.25) is 0 Å². The van der Waals surface area contributed by atoms with Gasteiger partial charge in [-0.2, -0.15) is 9.40 Å². The quantitative estimate of drug-likeness (QED) is 0.884. The van der Waals surface area contributed by atoms with Crippen LogP contribution in [0, 0.1) is 13.8 Å². The Hall–Kier alpha value is -1.41. The molecule has 2 heterocycles. The molecule has 1 saturated heterocycles. The van der Waals surface area contributed by atoms with Crippen molar-refractivity contribution in [2.24, 2.45) is 0 Å². The van der Waals surface area contributed by atoms with Crippen LogP contribution in [-0.4, -0.2) is 60.4 Å². The maximum absolute atomic E-state index is 12.5.